The van der Waals surface area contributed by atoms with Crippen LogP contribution in [0.1, 0.15) is 18.4 Å². The molecule has 0 amide bonds. The minimum absolute atomic E-state index is 0.0791. The molecule has 0 saturated heterocycles. The summed E-state index contributed by atoms with van der Waals surface area (Å²) in [6.07, 6.45) is -1.52. The van der Waals surface area contributed by atoms with Crippen molar-refractivity contribution in [2.75, 3.05) is 17.2 Å². The number of hydrogen-bond donors (Lipinski definition) is 1. The van der Waals surface area contributed by atoms with Gasteiger partial charge < -0.3 is 10.6 Å². The quantitative estimate of drug-likeness (QED) is 0.885. The van der Waals surface area contributed by atoms with E-state index < -0.39 is 12.7 Å². The van der Waals surface area contributed by atoms with Gasteiger partial charge in [-0.15, -0.1) is 0 Å². The van der Waals surface area contributed by atoms with Crippen LogP contribution in [0.5, 0.6) is 0 Å². The number of anilines is 2. The lowest BCUT2D eigenvalue weighted by molar-refractivity contribution is -0.120. The van der Waals surface area contributed by atoms with Crippen molar-refractivity contribution < 1.29 is 13.2 Å². The molecule has 17 heavy (non-hydrogen) atoms. The Morgan fingerprint density at radius 1 is 1.41 bits per heavy atom. The van der Waals surface area contributed by atoms with E-state index in [4.69, 9.17) is 5.73 Å². The normalized spacial score (nSPS) is 16.0. The van der Waals surface area contributed by atoms with Crippen molar-refractivity contribution in [3.63, 3.8) is 0 Å². The van der Waals surface area contributed by atoms with Crippen LogP contribution >= 0.6 is 0 Å². The number of nitrogen functional groups attached to an aromatic ring is 1. The molecule has 1 heterocycles. The molecule has 1 aromatic rings. The highest BCUT2D eigenvalue weighted by atomic mass is 19.4. The van der Waals surface area contributed by atoms with Crippen LogP contribution in [0.25, 0.3) is 0 Å². The molecule has 1 fully saturated rings. The Hall–Kier alpha value is -1.53. The maximum Gasteiger partial charge on any atom is 0.405 e. The number of alkyl halides is 3. The summed E-state index contributed by atoms with van der Waals surface area (Å²) in [7, 11) is 0. The van der Waals surface area contributed by atoms with E-state index in [0.29, 0.717) is 5.56 Å². The van der Waals surface area contributed by atoms with Gasteiger partial charge in [0.25, 0.3) is 0 Å². The van der Waals surface area contributed by atoms with Crippen LogP contribution in [-0.2, 0) is 0 Å². The second-order valence-electron chi connectivity index (χ2n) is 4.18. The maximum absolute atomic E-state index is 12.5. The van der Waals surface area contributed by atoms with E-state index in [1.165, 1.54) is 11.2 Å². The van der Waals surface area contributed by atoms with Crippen molar-refractivity contribution in [1.82, 2.24) is 9.97 Å². The van der Waals surface area contributed by atoms with Crippen molar-refractivity contribution in [2.45, 2.75) is 32.0 Å². The summed E-state index contributed by atoms with van der Waals surface area (Å²) >= 11 is 0. The molecule has 0 aromatic carbocycles. The number of aromatic nitrogens is 2. The third kappa shape index (κ3) is 2.78. The number of rotatable bonds is 3. The molecular formula is C10H13F3N4. The molecule has 0 bridgehead atoms. The van der Waals surface area contributed by atoms with E-state index >= 15 is 0 Å². The Morgan fingerprint density at radius 3 is 2.59 bits per heavy atom. The zero-order valence-electron chi connectivity index (χ0n) is 9.33. The molecule has 0 unspecified atom stereocenters. The first-order valence-corrected chi connectivity index (χ1v) is 5.29. The average Bonchev–Trinajstić information content (AvgIpc) is 3.01. The molecule has 0 radical (unpaired) electrons. The first-order chi connectivity index (χ1) is 7.88. The van der Waals surface area contributed by atoms with Gasteiger partial charge in [-0.05, 0) is 19.8 Å². The van der Waals surface area contributed by atoms with Gasteiger partial charge in [0, 0.05) is 11.6 Å². The van der Waals surface area contributed by atoms with E-state index in [1.54, 1.807) is 6.92 Å². The molecular weight excluding hydrogens is 233 g/mol. The van der Waals surface area contributed by atoms with Gasteiger partial charge in [0.1, 0.15) is 24.5 Å². The first-order valence-electron chi connectivity index (χ1n) is 5.29. The van der Waals surface area contributed by atoms with Gasteiger partial charge in [-0.25, -0.2) is 9.97 Å². The summed E-state index contributed by atoms with van der Waals surface area (Å²) in [5, 5.41) is 0. The Kier molecular flexibility index (Phi) is 2.84. The molecule has 94 valence electrons. The maximum atomic E-state index is 12.5. The van der Waals surface area contributed by atoms with Crippen LogP contribution in [0, 0.1) is 6.92 Å². The molecule has 2 N–H and O–H groups in total. The Bertz CT molecular complexity index is 415. The highest BCUT2D eigenvalue weighted by molar-refractivity contribution is 5.56. The summed E-state index contributed by atoms with van der Waals surface area (Å²) in [6, 6.07) is -0.0791. The van der Waals surface area contributed by atoms with Crippen LogP contribution in [0.15, 0.2) is 6.33 Å². The van der Waals surface area contributed by atoms with E-state index in [9.17, 15) is 13.2 Å². The smallest absolute Gasteiger partial charge is 0.383 e. The Labute approximate surface area is 96.7 Å². The molecule has 0 spiro atoms. The van der Waals surface area contributed by atoms with Crippen molar-refractivity contribution >= 4 is 11.6 Å². The number of halogens is 3. The SMILES string of the molecule is Cc1c(N)ncnc1N(CC(F)(F)F)C1CC1. The fraction of sp³-hybridized carbons (Fsp3) is 0.600. The van der Waals surface area contributed by atoms with E-state index in [-0.39, 0.29) is 17.7 Å². The van der Waals surface area contributed by atoms with Gasteiger partial charge in [0.15, 0.2) is 0 Å². The Balaban J connectivity index is 2.29. The lowest BCUT2D eigenvalue weighted by Gasteiger charge is -2.26. The first kappa shape index (κ1) is 11.9. The summed E-state index contributed by atoms with van der Waals surface area (Å²) in [5.41, 5.74) is 6.09. The molecule has 1 aliphatic rings. The van der Waals surface area contributed by atoms with Crippen LogP contribution in [0.2, 0.25) is 0 Å². The number of nitrogens with two attached hydrogens (primary N) is 1. The minimum Gasteiger partial charge on any atom is -0.383 e. The lowest BCUT2D eigenvalue weighted by atomic mass is 10.3. The van der Waals surface area contributed by atoms with Crippen LogP contribution < -0.4 is 10.6 Å². The van der Waals surface area contributed by atoms with E-state index in [0.717, 1.165) is 12.8 Å². The summed E-state index contributed by atoms with van der Waals surface area (Å²) < 4.78 is 37.5. The van der Waals surface area contributed by atoms with Gasteiger partial charge in [-0.1, -0.05) is 0 Å². The second kappa shape index (κ2) is 4.05. The zero-order chi connectivity index (χ0) is 12.6. The molecule has 2 rings (SSSR count). The third-order valence-corrected chi connectivity index (χ3v) is 2.71. The fourth-order valence-electron chi connectivity index (χ4n) is 1.70. The van der Waals surface area contributed by atoms with Crippen molar-refractivity contribution in [2.24, 2.45) is 0 Å². The Morgan fingerprint density at radius 2 is 2.06 bits per heavy atom. The van der Waals surface area contributed by atoms with E-state index in [1.807, 2.05) is 0 Å². The fourth-order valence-corrected chi connectivity index (χ4v) is 1.70. The predicted octanol–water partition coefficient (Wildman–Crippen LogP) is 1.90. The van der Waals surface area contributed by atoms with Gasteiger partial charge in [-0.2, -0.15) is 13.2 Å². The number of hydrogen-bond acceptors (Lipinski definition) is 4. The van der Waals surface area contributed by atoms with E-state index in [2.05, 4.69) is 9.97 Å². The topological polar surface area (TPSA) is 55.0 Å². The predicted molar refractivity (Wildman–Crippen MR) is 57.6 cm³/mol. The van der Waals surface area contributed by atoms with Crippen LogP contribution in [-0.4, -0.2) is 28.7 Å². The molecule has 4 nitrogen and oxygen atoms in total. The van der Waals surface area contributed by atoms with Crippen LogP contribution in [0.3, 0.4) is 0 Å². The van der Waals surface area contributed by atoms with Gasteiger partial charge >= 0.3 is 6.18 Å². The largest absolute Gasteiger partial charge is 0.405 e. The zero-order valence-corrected chi connectivity index (χ0v) is 9.33. The summed E-state index contributed by atoms with van der Waals surface area (Å²) in [4.78, 5) is 8.95. The standard InChI is InChI=1S/C10H13F3N4/c1-6-8(14)15-5-16-9(6)17(7-2-3-7)4-10(11,12)13/h5,7H,2-4H2,1H3,(H2,14,15,16). The van der Waals surface area contributed by atoms with Gasteiger partial charge in [0.05, 0.1) is 0 Å². The van der Waals surface area contributed by atoms with Gasteiger partial charge in [-0.3, -0.25) is 0 Å². The molecule has 0 atom stereocenters. The van der Waals surface area contributed by atoms with Crippen molar-refractivity contribution in [1.29, 1.82) is 0 Å². The van der Waals surface area contributed by atoms with Crippen molar-refractivity contribution in [3.05, 3.63) is 11.9 Å². The highest BCUT2D eigenvalue weighted by Crippen LogP contribution is 2.35. The monoisotopic (exact) mass is 246 g/mol. The third-order valence-electron chi connectivity index (χ3n) is 2.71. The molecule has 7 heteroatoms. The minimum atomic E-state index is -4.24. The molecule has 1 aromatic heterocycles. The van der Waals surface area contributed by atoms with Crippen molar-refractivity contribution in [3.8, 4) is 0 Å². The molecule has 1 aliphatic carbocycles. The summed E-state index contributed by atoms with van der Waals surface area (Å²) in [5.74, 6) is 0.514. The molecule has 1 saturated carbocycles. The summed E-state index contributed by atoms with van der Waals surface area (Å²) in [6.45, 7) is 0.644. The highest BCUT2D eigenvalue weighted by Gasteiger charge is 2.39. The van der Waals surface area contributed by atoms with Crippen LogP contribution in [0.4, 0.5) is 24.8 Å². The molecule has 0 aliphatic heterocycles. The van der Waals surface area contributed by atoms with Gasteiger partial charge in [0.2, 0.25) is 0 Å². The second-order valence-corrected chi connectivity index (χ2v) is 4.18. The lowest BCUT2D eigenvalue weighted by Crippen LogP contribution is -2.37. The average molecular weight is 246 g/mol. The number of nitrogens with zero attached hydrogens (tertiary/aromatic N) is 3.